The number of halogens is 4. The number of benzene rings is 1. The minimum Gasteiger partial charge on any atom is -0.397 e. The van der Waals surface area contributed by atoms with Gasteiger partial charge in [0.2, 0.25) is 0 Å². The fourth-order valence-corrected chi connectivity index (χ4v) is 1.51. The first-order valence-electron chi connectivity index (χ1n) is 3.62. The Hall–Kier alpha value is -0.750. The SMILES string of the molecule is Nc1c(Br)cc(CO)cc1C(F)(F)F. The predicted octanol–water partition coefficient (Wildman–Crippen LogP) is 2.54. The van der Waals surface area contributed by atoms with Gasteiger partial charge in [0, 0.05) is 4.47 Å². The molecule has 0 aliphatic carbocycles. The average Bonchev–Trinajstić information content (AvgIpc) is 2.07. The first-order chi connectivity index (χ1) is 6.36. The largest absolute Gasteiger partial charge is 0.418 e. The summed E-state index contributed by atoms with van der Waals surface area (Å²) in [6.45, 7) is -0.456. The summed E-state index contributed by atoms with van der Waals surface area (Å²) in [6.07, 6.45) is -4.50. The molecule has 0 aliphatic heterocycles. The number of nitrogen functional groups attached to an aromatic ring is 1. The van der Waals surface area contributed by atoms with E-state index in [2.05, 4.69) is 15.9 Å². The molecule has 2 nitrogen and oxygen atoms in total. The van der Waals surface area contributed by atoms with Crippen LogP contribution in [-0.4, -0.2) is 5.11 Å². The van der Waals surface area contributed by atoms with Crippen LogP contribution < -0.4 is 5.73 Å². The molecule has 0 atom stereocenters. The van der Waals surface area contributed by atoms with Crippen molar-refractivity contribution in [3.8, 4) is 0 Å². The molecule has 0 bridgehead atoms. The Kier molecular flexibility index (Phi) is 3.06. The van der Waals surface area contributed by atoms with E-state index in [1.165, 1.54) is 6.07 Å². The van der Waals surface area contributed by atoms with Crippen LogP contribution in [0.2, 0.25) is 0 Å². The molecule has 0 amide bonds. The van der Waals surface area contributed by atoms with E-state index >= 15 is 0 Å². The summed E-state index contributed by atoms with van der Waals surface area (Å²) in [6, 6.07) is 2.19. The third kappa shape index (κ3) is 2.19. The number of hydrogen-bond acceptors (Lipinski definition) is 2. The molecular weight excluding hydrogens is 263 g/mol. The maximum atomic E-state index is 12.4. The van der Waals surface area contributed by atoms with E-state index < -0.39 is 18.3 Å². The highest BCUT2D eigenvalue weighted by Gasteiger charge is 2.34. The van der Waals surface area contributed by atoms with Crippen molar-refractivity contribution in [1.29, 1.82) is 0 Å². The van der Waals surface area contributed by atoms with E-state index in [4.69, 9.17) is 10.8 Å². The highest BCUT2D eigenvalue weighted by Crippen LogP contribution is 2.37. The molecule has 0 spiro atoms. The van der Waals surface area contributed by atoms with Gasteiger partial charge < -0.3 is 10.8 Å². The molecule has 0 heterocycles. The zero-order valence-corrected chi connectivity index (χ0v) is 8.48. The van der Waals surface area contributed by atoms with Crippen LogP contribution >= 0.6 is 15.9 Å². The Labute approximate surface area is 86.7 Å². The smallest absolute Gasteiger partial charge is 0.397 e. The quantitative estimate of drug-likeness (QED) is 0.770. The van der Waals surface area contributed by atoms with Crippen molar-refractivity contribution >= 4 is 21.6 Å². The van der Waals surface area contributed by atoms with Crippen molar-refractivity contribution < 1.29 is 18.3 Å². The summed E-state index contributed by atoms with van der Waals surface area (Å²) >= 11 is 2.89. The van der Waals surface area contributed by atoms with E-state index in [-0.39, 0.29) is 15.7 Å². The van der Waals surface area contributed by atoms with Gasteiger partial charge in [0.15, 0.2) is 0 Å². The molecule has 14 heavy (non-hydrogen) atoms. The lowest BCUT2D eigenvalue weighted by atomic mass is 10.1. The molecule has 0 saturated heterocycles. The van der Waals surface area contributed by atoms with Crippen molar-refractivity contribution in [2.45, 2.75) is 12.8 Å². The highest BCUT2D eigenvalue weighted by molar-refractivity contribution is 9.10. The van der Waals surface area contributed by atoms with Gasteiger partial charge in [-0.25, -0.2) is 0 Å². The number of aliphatic hydroxyl groups excluding tert-OH is 1. The standard InChI is InChI=1S/C8H7BrF3NO/c9-6-2-4(3-14)1-5(7(6)13)8(10,11)12/h1-2,14H,3,13H2. The van der Waals surface area contributed by atoms with Gasteiger partial charge in [-0.05, 0) is 33.6 Å². The first kappa shape index (κ1) is 11.3. The topological polar surface area (TPSA) is 46.2 Å². The molecule has 3 N–H and O–H groups in total. The number of nitrogens with two attached hydrogens (primary N) is 1. The second kappa shape index (κ2) is 3.78. The van der Waals surface area contributed by atoms with Crippen LogP contribution in [0.25, 0.3) is 0 Å². The maximum absolute atomic E-state index is 12.4. The molecular formula is C8H7BrF3NO. The third-order valence-electron chi connectivity index (χ3n) is 1.68. The van der Waals surface area contributed by atoms with Gasteiger partial charge in [-0.1, -0.05) is 0 Å². The number of rotatable bonds is 1. The molecule has 0 radical (unpaired) electrons. The second-order valence-corrected chi connectivity index (χ2v) is 3.55. The van der Waals surface area contributed by atoms with Crippen molar-refractivity contribution in [3.05, 3.63) is 27.7 Å². The van der Waals surface area contributed by atoms with Gasteiger partial charge in [-0.3, -0.25) is 0 Å². The Morgan fingerprint density at radius 1 is 1.36 bits per heavy atom. The van der Waals surface area contributed by atoms with Crippen LogP contribution in [0.15, 0.2) is 16.6 Å². The zero-order valence-electron chi connectivity index (χ0n) is 6.90. The number of anilines is 1. The molecule has 6 heteroatoms. The molecule has 1 aromatic rings. The van der Waals surface area contributed by atoms with Crippen LogP contribution in [0, 0.1) is 0 Å². The van der Waals surface area contributed by atoms with Gasteiger partial charge in [-0.2, -0.15) is 13.2 Å². The lowest BCUT2D eigenvalue weighted by Crippen LogP contribution is -2.10. The first-order valence-corrected chi connectivity index (χ1v) is 4.41. The van der Waals surface area contributed by atoms with Crippen LogP contribution in [0.3, 0.4) is 0 Å². The van der Waals surface area contributed by atoms with Gasteiger partial charge in [0.25, 0.3) is 0 Å². The molecule has 0 saturated carbocycles. The van der Waals surface area contributed by atoms with Gasteiger partial charge in [0.1, 0.15) is 0 Å². The summed E-state index contributed by atoms with van der Waals surface area (Å²) in [4.78, 5) is 0. The van der Waals surface area contributed by atoms with E-state index in [0.29, 0.717) is 0 Å². The minimum atomic E-state index is -4.50. The number of alkyl halides is 3. The Morgan fingerprint density at radius 3 is 2.36 bits per heavy atom. The van der Waals surface area contributed by atoms with Crippen molar-refractivity contribution in [1.82, 2.24) is 0 Å². The monoisotopic (exact) mass is 269 g/mol. The van der Waals surface area contributed by atoms with Crippen molar-refractivity contribution in [3.63, 3.8) is 0 Å². The van der Waals surface area contributed by atoms with Crippen LogP contribution in [-0.2, 0) is 12.8 Å². The molecule has 1 aromatic carbocycles. The van der Waals surface area contributed by atoms with Gasteiger partial charge in [-0.15, -0.1) is 0 Å². The minimum absolute atomic E-state index is 0.136. The van der Waals surface area contributed by atoms with Gasteiger partial charge >= 0.3 is 6.18 Å². The fraction of sp³-hybridized carbons (Fsp3) is 0.250. The molecule has 0 unspecified atom stereocenters. The molecule has 1 rings (SSSR count). The number of aliphatic hydroxyl groups is 1. The van der Waals surface area contributed by atoms with Crippen LogP contribution in [0.1, 0.15) is 11.1 Å². The Morgan fingerprint density at radius 2 is 1.93 bits per heavy atom. The van der Waals surface area contributed by atoms with E-state index in [1.807, 2.05) is 0 Å². The van der Waals surface area contributed by atoms with Crippen LogP contribution in [0.4, 0.5) is 18.9 Å². The molecule has 0 aliphatic rings. The molecule has 78 valence electrons. The van der Waals surface area contributed by atoms with E-state index in [0.717, 1.165) is 6.07 Å². The normalized spacial score (nSPS) is 11.8. The summed E-state index contributed by atoms with van der Waals surface area (Å²) in [5.74, 6) is 0. The lowest BCUT2D eigenvalue weighted by molar-refractivity contribution is -0.137. The van der Waals surface area contributed by atoms with Crippen LogP contribution in [0.5, 0.6) is 0 Å². The third-order valence-corrected chi connectivity index (χ3v) is 2.33. The van der Waals surface area contributed by atoms with Crippen molar-refractivity contribution in [2.24, 2.45) is 0 Å². The molecule has 0 aromatic heterocycles. The fourth-order valence-electron chi connectivity index (χ4n) is 1.000. The Balaban J connectivity index is 3.35. The number of hydrogen-bond donors (Lipinski definition) is 2. The molecule has 0 fully saturated rings. The summed E-state index contributed by atoms with van der Waals surface area (Å²) in [5, 5.41) is 8.71. The summed E-state index contributed by atoms with van der Waals surface area (Å²) in [7, 11) is 0. The second-order valence-electron chi connectivity index (χ2n) is 2.69. The summed E-state index contributed by atoms with van der Waals surface area (Å²) in [5.41, 5.74) is 4.11. The predicted molar refractivity (Wildman–Crippen MR) is 49.5 cm³/mol. The van der Waals surface area contributed by atoms with E-state index in [9.17, 15) is 13.2 Å². The van der Waals surface area contributed by atoms with E-state index in [1.54, 1.807) is 0 Å². The summed E-state index contributed by atoms with van der Waals surface area (Å²) < 4.78 is 37.2. The van der Waals surface area contributed by atoms with Gasteiger partial charge in [0.05, 0.1) is 17.9 Å². The highest BCUT2D eigenvalue weighted by atomic mass is 79.9. The van der Waals surface area contributed by atoms with Crippen molar-refractivity contribution in [2.75, 3.05) is 5.73 Å². The zero-order chi connectivity index (χ0) is 10.9. The lowest BCUT2D eigenvalue weighted by Gasteiger charge is -2.12. The Bertz CT molecular complexity index is 351. The maximum Gasteiger partial charge on any atom is 0.418 e. The average molecular weight is 270 g/mol.